The van der Waals surface area contributed by atoms with Crippen LogP contribution in [0, 0.1) is 5.92 Å². The number of imidazole rings is 1. The van der Waals surface area contributed by atoms with Gasteiger partial charge in [0.15, 0.2) is 0 Å². The van der Waals surface area contributed by atoms with E-state index in [0.29, 0.717) is 12.0 Å². The van der Waals surface area contributed by atoms with E-state index in [0.717, 1.165) is 18.0 Å². The maximum Gasteiger partial charge on any atom is 0.201 e. The highest BCUT2D eigenvalue weighted by molar-refractivity contribution is 5.78. The summed E-state index contributed by atoms with van der Waals surface area (Å²) in [6, 6.07) is 8.79. The zero-order chi connectivity index (χ0) is 12.1. The second-order valence-corrected chi connectivity index (χ2v) is 5.53. The molecule has 3 aliphatic rings. The SMILES string of the molecule is Nc1nc2ccccc2n1C1CN2CCC1CC2. The van der Waals surface area contributed by atoms with E-state index in [1.807, 2.05) is 12.1 Å². The van der Waals surface area contributed by atoms with E-state index in [-0.39, 0.29) is 0 Å². The van der Waals surface area contributed by atoms with E-state index < -0.39 is 0 Å². The van der Waals surface area contributed by atoms with Crippen LogP contribution in [0.5, 0.6) is 0 Å². The van der Waals surface area contributed by atoms with Crippen molar-refractivity contribution in [3.05, 3.63) is 24.3 Å². The number of fused-ring (bicyclic) bond motifs is 4. The molecule has 1 aromatic carbocycles. The van der Waals surface area contributed by atoms with Gasteiger partial charge in [0, 0.05) is 6.54 Å². The van der Waals surface area contributed by atoms with Crippen LogP contribution in [0.3, 0.4) is 0 Å². The van der Waals surface area contributed by atoms with Crippen molar-refractivity contribution < 1.29 is 0 Å². The van der Waals surface area contributed by atoms with Crippen molar-refractivity contribution in [1.29, 1.82) is 0 Å². The molecule has 1 aromatic heterocycles. The lowest BCUT2D eigenvalue weighted by atomic mass is 9.84. The lowest BCUT2D eigenvalue weighted by Gasteiger charge is -2.45. The molecule has 0 aliphatic carbocycles. The highest BCUT2D eigenvalue weighted by Crippen LogP contribution is 2.38. The maximum absolute atomic E-state index is 6.15. The molecule has 0 amide bonds. The summed E-state index contributed by atoms with van der Waals surface area (Å²) in [6.07, 6.45) is 2.60. The average Bonchev–Trinajstić information content (AvgIpc) is 2.75. The first-order valence-electron chi connectivity index (χ1n) is 6.78. The Morgan fingerprint density at radius 2 is 1.94 bits per heavy atom. The van der Waals surface area contributed by atoms with Crippen molar-refractivity contribution in [2.75, 3.05) is 25.4 Å². The van der Waals surface area contributed by atoms with Gasteiger partial charge in [-0.1, -0.05) is 12.1 Å². The molecule has 2 bridgehead atoms. The predicted octanol–water partition coefficient (Wildman–Crippen LogP) is 1.89. The Bertz CT molecular complexity index is 580. The Hall–Kier alpha value is -1.55. The molecule has 18 heavy (non-hydrogen) atoms. The van der Waals surface area contributed by atoms with Crippen LogP contribution in [0.25, 0.3) is 11.0 Å². The van der Waals surface area contributed by atoms with Gasteiger partial charge in [0.2, 0.25) is 5.95 Å². The van der Waals surface area contributed by atoms with Crippen molar-refractivity contribution in [3.63, 3.8) is 0 Å². The smallest absolute Gasteiger partial charge is 0.201 e. The van der Waals surface area contributed by atoms with Gasteiger partial charge in [-0.2, -0.15) is 0 Å². The molecule has 3 fully saturated rings. The molecule has 3 aliphatic heterocycles. The first kappa shape index (κ1) is 10.4. The number of nitrogens with zero attached hydrogens (tertiary/aromatic N) is 3. The molecule has 0 radical (unpaired) electrons. The second kappa shape index (κ2) is 3.72. The lowest BCUT2D eigenvalue weighted by Crippen LogP contribution is -2.48. The van der Waals surface area contributed by atoms with Crippen LogP contribution in [0.4, 0.5) is 5.95 Å². The number of benzene rings is 1. The van der Waals surface area contributed by atoms with E-state index in [2.05, 4.69) is 26.6 Å². The molecule has 4 heteroatoms. The van der Waals surface area contributed by atoms with Gasteiger partial charge in [0.25, 0.3) is 0 Å². The normalized spacial score (nSPS) is 31.0. The van der Waals surface area contributed by atoms with Crippen LogP contribution in [0.1, 0.15) is 18.9 Å². The van der Waals surface area contributed by atoms with Crippen LogP contribution in [-0.4, -0.2) is 34.1 Å². The maximum atomic E-state index is 6.15. The van der Waals surface area contributed by atoms with Gasteiger partial charge in [-0.15, -0.1) is 0 Å². The Labute approximate surface area is 106 Å². The summed E-state index contributed by atoms with van der Waals surface area (Å²) >= 11 is 0. The monoisotopic (exact) mass is 242 g/mol. The average molecular weight is 242 g/mol. The van der Waals surface area contributed by atoms with Gasteiger partial charge in [0.1, 0.15) is 0 Å². The van der Waals surface area contributed by atoms with E-state index in [4.69, 9.17) is 5.73 Å². The Kier molecular flexibility index (Phi) is 2.14. The van der Waals surface area contributed by atoms with E-state index >= 15 is 0 Å². The third kappa shape index (κ3) is 1.38. The molecule has 94 valence electrons. The summed E-state index contributed by atoms with van der Waals surface area (Å²) in [7, 11) is 0. The van der Waals surface area contributed by atoms with Crippen molar-refractivity contribution in [3.8, 4) is 0 Å². The molecular weight excluding hydrogens is 224 g/mol. The number of piperidine rings is 3. The molecule has 2 N–H and O–H groups in total. The summed E-state index contributed by atoms with van der Waals surface area (Å²) in [4.78, 5) is 7.05. The van der Waals surface area contributed by atoms with Crippen LogP contribution in [0.2, 0.25) is 0 Å². The van der Waals surface area contributed by atoms with Crippen LogP contribution >= 0.6 is 0 Å². The van der Waals surface area contributed by atoms with Gasteiger partial charge in [0.05, 0.1) is 17.1 Å². The third-order valence-electron chi connectivity index (χ3n) is 4.58. The zero-order valence-corrected chi connectivity index (χ0v) is 10.4. The van der Waals surface area contributed by atoms with E-state index in [1.165, 1.54) is 31.4 Å². The van der Waals surface area contributed by atoms with Crippen molar-refractivity contribution in [2.24, 2.45) is 5.92 Å². The molecule has 3 saturated heterocycles. The summed E-state index contributed by atoms with van der Waals surface area (Å²) in [5, 5.41) is 0. The lowest BCUT2D eigenvalue weighted by molar-refractivity contribution is 0.0598. The van der Waals surface area contributed by atoms with Crippen molar-refractivity contribution in [2.45, 2.75) is 18.9 Å². The highest BCUT2D eigenvalue weighted by atomic mass is 15.2. The highest BCUT2D eigenvalue weighted by Gasteiger charge is 2.36. The van der Waals surface area contributed by atoms with Gasteiger partial charge in [-0.05, 0) is 44.0 Å². The fourth-order valence-electron chi connectivity index (χ4n) is 3.64. The molecule has 0 spiro atoms. The number of para-hydroxylation sites is 2. The molecular formula is C14H18N4. The minimum Gasteiger partial charge on any atom is -0.369 e. The predicted molar refractivity (Wildman–Crippen MR) is 72.3 cm³/mol. The summed E-state index contributed by atoms with van der Waals surface area (Å²) < 4.78 is 2.27. The largest absolute Gasteiger partial charge is 0.369 e. The van der Waals surface area contributed by atoms with E-state index in [1.54, 1.807) is 0 Å². The van der Waals surface area contributed by atoms with Crippen LogP contribution < -0.4 is 5.73 Å². The molecule has 2 aromatic rings. The summed E-state index contributed by atoms with van der Waals surface area (Å²) in [5.41, 5.74) is 8.36. The van der Waals surface area contributed by atoms with Crippen molar-refractivity contribution >= 4 is 17.0 Å². The number of hydrogen-bond donors (Lipinski definition) is 1. The van der Waals surface area contributed by atoms with Gasteiger partial charge in [-0.3, -0.25) is 0 Å². The first-order chi connectivity index (χ1) is 8.83. The second-order valence-electron chi connectivity index (χ2n) is 5.53. The fourth-order valence-corrected chi connectivity index (χ4v) is 3.64. The number of anilines is 1. The number of aromatic nitrogens is 2. The summed E-state index contributed by atoms with van der Waals surface area (Å²) in [5.74, 6) is 1.45. The van der Waals surface area contributed by atoms with Crippen LogP contribution in [0.15, 0.2) is 24.3 Å². The minimum atomic E-state index is 0.514. The molecule has 0 saturated carbocycles. The molecule has 1 atom stereocenters. The molecule has 1 unspecified atom stereocenters. The Morgan fingerprint density at radius 1 is 1.17 bits per heavy atom. The Balaban J connectivity index is 1.84. The first-order valence-corrected chi connectivity index (χ1v) is 6.78. The molecule has 4 heterocycles. The van der Waals surface area contributed by atoms with Crippen LogP contribution in [-0.2, 0) is 0 Å². The molecule has 4 nitrogen and oxygen atoms in total. The number of nitrogen functional groups attached to an aromatic ring is 1. The Morgan fingerprint density at radius 3 is 2.67 bits per heavy atom. The van der Waals surface area contributed by atoms with E-state index in [9.17, 15) is 0 Å². The zero-order valence-electron chi connectivity index (χ0n) is 10.4. The molecule has 5 rings (SSSR count). The fraction of sp³-hybridized carbons (Fsp3) is 0.500. The quantitative estimate of drug-likeness (QED) is 0.830. The standard InChI is InChI=1S/C14H18N4/c15-14-16-11-3-1-2-4-12(11)18(14)13-9-17-7-5-10(13)6-8-17/h1-4,10,13H,5-9H2,(H2,15,16). The topological polar surface area (TPSA) is 47.1 Å². The minimum absolute atomic E-state index is 0.514. The third-order valence-corrected chi connectivity index (χ3v) is 4.58. The van der Waals surface area contributed by atoms with Gasteiger partial charge < -0.3 is 15.2 Å². The number of nitrogens with two attached hydrogens (primary N) is 1. The van der Waals surface area contributed by atoms with Gasteiger partial charge >= 0.3 is 0 Å². The summed E-state index contributed by atoms with van der Waals surface area (Å²) in [6.45, 7) is 3.65. The number of rotatable bonds is 1. The van der Waals surface area contributed by atoms with Crippen molar-refractivity contribution in [1.82, 2.24) is 14.5 Å². The van der Waals surface area contributed by atoms with Gasteiger partial charge in [-0.25, -0.2) is 4.98 Å². The number of hydrogen-bond acceptors (Lipinski definition) is 3.